The average Bonchev–Trinajstić information content (AvgIpc) is 2.46. The van der Waals surface area contributed by atoms with E-state index < -0.39 is 17.3 Å². The van der Waals surface area contributed by atoms with Gasteiger partial charge in [0, 0.05) is 16.2 Å². The normalized spacial score (nSPS) is 10.1. The summed E-state index contributed by atoms with van der Waals surface area (Å²) in [7, 11) is 0. The predicted octanol–water partition coefficient (Wildman–Crippen LogP) is 5.52. The van der Waals surface area contributed by atoms with E-state index in [1.54, 1.807) is 0 Å². The van der Waals surface area contributed by atoms with E-state index in [0.29, 0.717) is 6.42 Å². The van der Waals surface area contributed by atoms with Gasteiger partial charge in [-0.25, -0.2) is 4.39 Å². The first-order chi connectivity index (χ1) is 10.5. The Labute approximate surface area is 136 Å². The summed E-state index contributed by atoms with van der Waals surface area (Å²) in [5.74, 6) is -1.93. The minimum Gasteiger partial charge on any atom is -0.287 e. The Morgan fingerprint density at radius 2 is 2.09 bits per heavy atom. The second-order valence-electron chi connectivity index (χ2n) is 4.54. The molecule has 0 N–H and O–H groups in total. The molecule has 0 saturated carbocycles. The molecule has 22 heavy (non-hydrogen) atoms. The molecular formula is C14H15ClFN3O2S. The van der Waals surface area contributed by atoms with Crippen LogP contribution in [0.5, 0.6) is 0 Å². The van der Waals surface area contributed by atoms with Crippen molar-refractivity contribution in [2.24, 2.45) is 5.11 Å². The second-order valence-corrected chi connectivity index (χ2v) is 6.05. The van der Waals surface area contributed by atoms with Gasteiger partial charge in [0.1, 0.15) is 5.82 Å². The van der Waals surface area contributed by atoms with E-state index in [4.69, 9.17) is 17.1 Å². The van der Waals surface area contributed by atoms with Crippen LogP contribution in [0.1, 0.15) is 49.4 Å². The summed E-state index contributed by atoms with van der Waals surface area (Å²) < 4.78 is 13.6. The molecule has 0 bridgehead atoms. The number of azide groups is 1. The highest BCUT2D eigenvalue weighted by Crippen LogP contribution is 2.31. The van der Waals surface area contributed by atoms with E-state index in [0.717, 1.165) is 49.6 Å². The van der Waals surface area contributed by atoms with Crippen LogP contribution in [0, 0.1) is 5.82 Å². The van der Waals surface area contributed by atoms with Crippen LogP contribution in [-0.2, 0) is 4.79 Å². The lowest BCUT2D eigenvalue weighted by molar-refractivity contribution is -0.111. The standard InChI is InChI=1S/C14H15ClFN3O2S/c1-2-3-4-5-6-13(20)22-12-7-9(14(21)18-19-17)11(16)8-10(12)15/h7-8H,2-6H2,1H3. The molecule has 0 aliphatic carbocycles. The van der Waals surface area contributed by atoms with Crippen molar-refractivity contribution >= 4 is 34.4 Å². The molecule has 0 spiro atoms. The molecule has 8 heteroatoms. The van der Waals surface area contributed by atoms with Gasteiger partial charge in [-0.05, 0) is 29.2 Å². The lowest BCUT2D eigenvalue weighted by Gasteiger charge is -2.06. The molecule has 1 amide bonds. The van der Waals surface area contributed by atoms with Gasteiger partial charge in [0.25, 0.3) is 5.91 Å². The Bertz CT molecular complexity index is 618. The molecule has 0 aromatic heterocycles. The Hall–Kier alpha value is -1.56. The van der Waals surface area contributed by atoms with Crippen LogP contribution >= 0.6 is 23.4 Å². The van der Waals surface area contributed by atoms with E-state index >= 15 is 0 Å². The highest BCUT2D eigenvalue weighted by molar-refractivity contribution is 8.13. The fraction of sp³-hybridized carbons (Fsp3) is 0.429. The van der Waals surface area contributed by atoms with Gasteiger partial charge in [0.15, 0.2) is 5.12 Å². The third-order valence-electron chi connectivity index (χ3n) is 2.85. The molecule has 0 atom stereocenters. The highest BCUT2D eigenvalue weighted by atomic mass is 35.5. The van der Waals surface area contributed by atoms with Crippen molar-refractivity contribution in [3.8, 4) is 0 Å². The summed E-state index contributed by atoms with van der Waals surface area (Å²) in [6.45, 7) is 2.08. The molecule has 0 heterocycles. The minimum absolute atomic E-state index is 0.0434. The Morgan fingerprint density at radius 3 is 2.73 bits per heavy atom. The third-order valence-corrected chi connectivity index (χ3v) is 4.26. The lowest BCUT2D eigenvalue weighted by atomic mass is 10.2. The van der Waals surface area contributed by atoms with Crippen molar-refractivity contribution in [1.82, 2.24) is 0 Å². The van der Waals surface area contributed by atoms with E-state index in [9.17, 15) is 14.0 Å². The van der Waals surface area contributed by atoms with Gasteiger partial charge in [-0.2, -0.15) is 0 Å². The van der Waals surface area contributed by atoms with E-state index in [-0.39, 0.29) is 15.0 Å². The summed E-state index contributed by atoms with van der Waals surface area (Å²) in [6, 6.07) is 2.08. The number of unbranched alkanes of at least 4 members (excludes halogenated alkanes) is 3. The molecule has 0 saturated heterocycles. The number of hydrogen-bond donors (Lipinski definition) is 0. The van der Waals surface area contributed by atoms with Gasteiger partial charge in [-0.1, -0.05) is 49.5 Å². The molecule has 0 radical (unpaired) electrons. The number of nitrogens with zero attached hydrogens (tertiary/aromatic N) is 3. The highest BCUT2D eigenvalue weighted by Gasteiger charge is 2.16. The SMILES string of the molecule is CCCCCCC(=O)Sc1cc(C(=O)N=[N+]=[N-])c(F)cc1Cl. The van der Waals surface area contributed by atoms with E-state index in [2.05, 4.69) is 16.9 Å². The van der Waals surface area contributed by atoms with Crippen molar-refractivity contribution in [1.29, 1.82) is 0 Å². The summed E-state index contributed by atoms with van der Waals surface area (Å²) in [6.07, 6.45) is 4.29. The summed E-state index contributed by atoms with van der Waals surface area (Å²) in [5.41, 5.74) is 7.83. The van der Waals surface area contributed by atoms with E-state index in [1.165, 1.54) is 0 Å². The molecule has 1 rings (SSSR count). The first-order valence-electron chi connectivity index (χ1n) is 6.78. The van der Waals surface area contributed by atoms with Crippen LogP contribution in [0.25, 0.3) is 10.4 Å². The number of hydrogen-bond acceptors (Lipinski definition) is 3. The first-order valence-corrected chi connectivity index (χ1v) is 7.98. The average molecular weight is 344 g/mol. The predicted molar refractivity (Wildman–Crippen MR) is 84.5 cm³/mol. The van der Waals surface area contributed by atoms with Gasteiger partial charge >= 0.3 is 0 Å². The van der Waals surface area contributed by atoms with Crippen LogP contribution < -0.4 is 0 Å². The van der Waals surface area contributed by atoms with Crippen LogP contribution in [-0.4, -0.2) is 11.0 Å². The van der Waals surface area contributed by atoms with Gasteiger partial charge < -0.3 is 0 Å². The van der Waals surface area contributed by atoms with Crippen LogP contribution in [0.3, 0.4) is 0 Å². The maximum Gasteiger partial charge on any atom is 0.252 e. The quantitative estimate of drug-likeness (QED) is 0.215. The van der Waals surface area contributed by atoms with Gasteiger partial charge in [0.05, 0.1) is 10.6 Å². The number of halogens is 2. The summed E-state index contributed by atoms with van der Waals surface area (Å²) >= 11 is 6.75. The third kappa shape index (κ3) is 5.67. The van der Waals surface area contributed by atoms with E-state index in [1.807, 2.05) is 0 Å². The monoisotopic (exact) mass is 343 g/mol. The molecule has 5 nitrogen and oxygen atoms in total. The molecule has 0 aliphatic rings. The smallest absolute Gasteiger partial charge is 0.252 e. The summed E-state index contributed by atoms with van der Waals surface area (Å²) in [5, 5.41) is 2.78. The molecule has 1 aromatic carbocycles. The maximum atomic E-state index is 13.6. The number of carbonyl (C=O) groups is 2. The zero-order valence-electron chi connectivity index (χ0n) is 12.0. The fourth-order valence-corrected chi connectivity index (χ4v) is 2.83. The largest absolute Gasteiger partial charge is 0.287 e. The topological polar surface area (TPSA) is 82.9 Å². The second kappa shape index (κ2) is 9.46. The van der Waals surface area contributed by atoms with Crippen molar-refractivity contribution < 1.29 is 14.0 Å². The Morgan fingerprint density at radius 1 is 1.36 bits per heavy atom. The number of thioether (sulfide) groups is 1. The summed E-state index contributed by atoms with van der Waals surface area (Å²) in [4.78, 5) is 25.9. The minimum atomic E-state index is -1.05. The van der Waals surface area contributed by atoms with Crippen molar-refractivity contribution in [2.75, 3.05) is 0 Å². The van der Waals surface area contributed by atoms with Gasteiger partial charge in [-0.3, -0.25) is 9.59 Å². The van der Waals surface area contributed by atoms with Crippen molar-refractivity contribution in [3.63, 3.8) is 0 Å². The molecule has 0 aliphatic heterocycles. The Kier molecular flexibility index (Phi) is 7.95. The van der Waals surface area contributed by atoms with Crippen LogP contribution in [0.2, 0.25) is 5.02 Å². The maximum absolute atomic E-state index is 13.6. The molecule has 118 valence electrons. The molecule has 0 unspecified atom stereocenters. The Balaban J connectivity index is 2.82. The lowest BCUT2D eigenvalue weighted by Crippen LogP contribution is -2.00. The van der Waals surface area contributed by atoms with Crippen LogP contribution in [0.15, 0.2) is 22.1 Å². The van der Waals surface area contributed by atoms with Gasteiger partial charge in [0.2, 0.25) is 0 Å². The first kappa shape index (κ1) is 18.5. The fourth-order valence-electron chi connectivity index (χ4n) is 1.74. The number of rotatable bonds is 7. The zero-order valence-corrected chi connectivity index (χ0v) is 13.6. The van der Waals surface area contributed by atoms with Crippen molar-refractivity contribution in [3.05, 3.63) is 39.0 Å². The number of carbonyl (C=O) groups excluding carboxylic acids is 2. The number of amides is 1. The molecular weight excluding hydrogens is 329 g/mol. The van der Waals surface area contributed by atoms with Crippen LogP contribution in [0.4, 0.5) is 4.39 Å². The molecule has 0 fully saturated rings. The zero-order chi connectivity index (χ0) is 16.5. The van der Waals surface area contributed by atoms with Gasteiger partial charge in [-0.15, -0.1) is 0 Å². The van der Waals surface area contributed by atoms with Crippen molar-refractivity contribution in [2.45, 2.75) is 43.9 Å². The molecule has 1 aromatic rings. The number of benzene rings is 1.